The van der Waals surface area contributed by atoms with Gasteiger partial charge in [-0.05, 0) is 24.6 Å². The number of nitrogens with zero attached hydrogens (tertiary/aromatic N) is 4. The Kier molecular flexibility index (Phi) is 9.55. The number of morpholine rings is 1. The van der Waals surface area contributed by atoms with E-state index in [0.717, 1.165) is 23.4 Å². The number of fused-ring (bicyclic) bond motifs is 1. The van der Waals surface area contributed by atoms with Crippen molar-refractivity contribution in [2.24, 2.45) is 5.92 Å². The molecule has 2 aromatic heterocycles. The second kappa shape index (κ2) is 12.4. The molecule has 0 unspecified atom stereocenters. The molecule has 2 atom stereocenters. The van der Waals surface area contributed by atoms with Crippen LogP contribution in [0.2, 0.25) is 0 Å². The number of ether oxygens (including phenoxy) is 3. The molecule has 9 nitrogen and oxygen atoms in total. The number of amides is 1. The van der Waals surface area contributed by atoms with Gasteiger partial charge in [0.25, 0.3) is 0 Å². The van der Waals surface area contributed by atoms with Crippen molar-refractivity contribution in [1.82, 2.24) is 19.9 Å². The van der Waals surface area contributed by atoms with Crippen LogP contribution in [0.25, 0.3) is 22.3 Å². The Morgan fingerprint density at radius 3 is 2.71 bits per heavy atom. The van der Waals surface area contributed by atoms with Crippen molar-refractivity contribution < 1.29 is 19.0 Å². The Hall–Kier alpha value is -2.60. The van der Waals surface area contributed by atoms with Gasteiger partial charge in [0.05, 0.1) is 36.9 Å². The summed E-state index contributed by atoms with van der Waals surface area (Å²) in [5.74, 6) is 0.503. The Morgan fingerprint density at radius 2 is 1.97 bits per heavy atom. The van der Waals surface area contributed by atoms with Gasteiger partial charge in [-0.1, -0.05) is 12.1 Å². The lowest BCUT2D eigenvalue weighted by molar-refractivity contribution is -0.144. The third-order valence-corrected chi connectivity index (χ3v) is 6.03. The summed E-state index contributed by atoms with van der Waals surface area (Å²) in [4.78, 5) is 28.2. The maximum Gasteiger partial charge on any atom is 0.242 e. The third kappa shape index (κ3) is 6.16. The van der Waals surface area contributed by atoms with Gasteiger partial charge in [-0.15, -0.1) is 0 Å². The van der Waals surface area contributed by atoms with Crippen molar-refractivity contribution in [2.45, 2.75) is 12.5 Å². The van der Waals surface area contributed by atoms with Crippen LogP contribution in [0.1, 0.15) is 6.42 Å². The Morgan fingerprint density at radius 1 is 1.17 bits per heavy atom. The fourth-order valence-corrected chi connectivity index (χ4v) is 4.18. The van der Waals surface area contributed by atoms with Gasteiger partial charge in [-0.2, -0.15) is 27.0 Å². The van der Waals surface area contributed by atoms with E-state index in [9.17, 15) is 4.79 Å². The van der Waals surface area contributed by atoms with E-state index in [1.807, 2.05) is 42.3 Å². The van der Waals surface area contributed by atoms with E-state index in [4.69, 9.17) is 19.2 Å². The van der Waals surface area contributed by atoms with Crippen molar-refractivity contribution in [3.05, 3.63) is 42.7 Å². The van der Waals surface area contributed by atoms with Crippen LogP contribution in [0.4, 0.5) is 5.69 Å². The number of hydrogen-bond acceptors (Lipinski definition) is 8. The van der Waals surface area contributed by atoms with Crippen molar-refractivity contribution in [3.63, 3.8) is 0 Å². The van der Waals surface area contributed by atoms with E-state index in [2.05, 4.69) is 15.3 Å². The standard InChI is InChI=1S/C24H27N5O4.2H2S/c1-25-18-4-2-16(3-5-18)20-12-21-22(27-8-7-26-21)23(28-20)33-15-19-13-29(9-11-32-19)24(30)17-6-10-31-14-17;;/h2-5,7-8,12,17,19,25H,6,9-11,13-15H2,1H3;2*1H2/t17-,19-;;/m0../s1. The molecule has 188 valence electrons. The molecule has 2 aliphatic heterocycles. The summed E-state index contributed by atoms with van der Waals surface area (Å²) in [5.41, 5.74) is 4.03. The number of rotatable bonds is 6. The molecule has 2 fully saturated rings. The fourth-order valence-electron chi connectivity index (χ4n) is 4.18. The van der Waals surface area contributed by atoms with Gasteiger partial charge >= 0.3 is 0 Å². The smallest absolute Gasteiger partial charge is 0.242 e. The van der Waals surface area contributed by atoms with Crippen LogP contribution >= 0.6 is 27.0 Å². The molecule has 35 heavy (non-hydrogen) atoms. The largest absolute Gasteiger partial charge is 0.473 e. The van der Waals surface area contributed by atoms with E-state index >= 15 is 0 Å². The summed E-state index contributed by atoms with van der Waals surface area (Å²) in [6, 6.07) is 9.90. The fraction of sp³-hybridized carbons (Fsp3) is 0.417. The van der Waals surface area contributed by atoms with Crippen molar-refractivity contribution in [2.75, 3.05) is 51.9 Å². The van der Waals surface area contributed by atoms with Crippen molar-refractivity contribution in [3.8, 4) is 17.1 Å². The monoisotopic (exact) mass is 517 g/mol. The maximum absolute atomic E-state index is 12.8. The van der Waals surface area contributed by atoms with Gasteiger partial charge in [0.2, 0.25) is 11.8 Å². The van der Waals surface area contributed by atoms with Crippen LogP contribution in [0.3, 0.4) is 0 Å². The van der Waals surface area contributed by atoms with Crippen LogP contribution in [-0.2, 0) is 14.3 Å². The van der Waals surface area contributed by atoms with Crippen LogP contribution in [0.15, 0.2) is 42.7 Å². The quantitative estimate of drug-likeness (QED) is 0.533. The molecular weight excluding hydrogens is 486 g/mol. The number of hydrogen-bond donors (Lipinski definition) is 1. The predicted octanol–water partition coefficient (Wildman–Crippen LogP) is 2.60. The summed E-state index contributed by atoms with van der Waals surface area (Å²) >= 11 is 0. The average molecular weight is 518 g/mol. The van der Waals surface area contributed by atoms with E-state index in [1.165, 1.54) is 0 Å². The molecular formula is C24H31N5O4S2. The summed E-state index contributed by atoms with van der Waals surface area (Å²) in [6.45, 7) is 3.00. The van der Waals surface area contributed by atoms with E-state index < -0.39 is 0 Å². The number of anilines is 1. The first-order chi connectivity index (χ1) is 16.2. The van der Waals surface area contributed by atoms with Gasteiger partial charge in [-0.3, -0.25) is 9.78 Å². The van der Waals surface area contributed by atoms with Crippen molar-refractivity contribution in [1.29, 1.82) is 0 Å². The van der Waals surface area contributed by atoms with Gasteiger partial charge in [0, 0.05) is 43.8 Å². The van der Waals surface area contributed by atoms with Crippen LogP contribution < -0.4 is 10.1 Å². The minimum atomic E-state index is -0.239. The number of pyridine rings is 1. The number of nitrogens with one attached hydrogen (secondary N) is 1. The Balaban J connectivity index is 0.00000171. The second-order valence-corrected chi connectivity index (χ2v) is 8.21. The molecule has 3 aromatic rings. The SMILES string of the molecule is CNc1ccc(-c2cc3nccnc3c(OC[C@@H]3CN(C(=O)[C@H]4CCOC4)CCO3)n2)cc1.S.S. The summed E-state index contributed by atoms with van der Waals surface area (Å²) in [5, 5.41) is 3.12. The van der Waals surface area contributed by atoms with Crippen molar-refractivity contribution >= 4 is 49.6 Å². The van der Waals surface area contributed by atoms with Gasteiger partial charge in [-0.25, -0.2) is 9.97 Å². The summed E-state index contributed by atoms with van der Waals surface area (Å²) in [7, 11) is 1.88. The molecule has 1 aromatic carbocycles. The molecule has 0 saturated carbocycles. The summed E-state index contributed by atoms with van der Waals surface area (Å²) < 4.78 is 17.4. The molecule has 2 aliphatic rings. The lowest BCUT2D eigenvalue weighted by atomic mass is 10.1. The molecule has 0 radical (unpaired) electrons. The van der Waals surface area contributed by atoms with Gasteiger partial charge < -0.3 is 24.4 Å². The number of carbonyl (C=O) groups excluding carboxylic acids is 1. The highest BCUT2D eigenvalue weighted by atomic mass is 32.1. The number of carbonyl (C=O) groups is 1. The van der Waals surface area contributed by atoms with Crippen LogP contribution in [-0.4, -0.2) is 78.4 Å². The van der Waals surface area contributed by atoms with Crippen LogP contribution in [0.5, 0.6) is 5.88 Å². The molecule has 0 aliphatic carbocycles. The zero-order valence-electron chi connectivity index (χ0n) is 19.6. The summed E-state index contributed by atoms with van der Waals surface area (Å²) in [6.07, 6.45) is 3.82. The van der Waals surface area contributed by atoms with E-state index in [-0.39, 0.29) is 51.5 Å². The van der Waals surface area contributed by atoms with E-state index in [1.54, 1.807) is 12.4 Å². The minimum absolute atomic E-state index is 0. The minimum Gasteiger partial charge on any atom is -0.473 e. The third-order valence-electron chi connectivity index (χ3n) is 6.03. The molecule has 4 heterocycles. The Labute approximate surface area is 218 Å². The highest BCUT2D eigenvalue weighted by Crippen LogP contribution is 2.28. The first kappa shape index (κ1) is 27.0. The molecule has 5 rings (SSSR count). The lowest BCUT2D eigenvalue weighted by Crippen LogP contribution is -2.49. The normalized spacial score (nSPS) is 19.5. The molecule has 11 heteroatoms. The molecule has 2 saturated heterocycles. The highest BCUT2D eigenvalue weighted by molar-refractivity contribution is 7.59. The van der Waals surface area contributed by atoms with Gasteiger partial charge in [0.1, 0.15) is 12.7 Å². The molecule has 0 spiro atoms. The van der Waals surface area contributed by atoms with Gasteiger partial charge in [0.15, 0.2) is 5.52 Å². The highest BCUT2D eigenvalue weighted by Gasteiger charge is 2.32. The number of aromatic nitrogens is 3. The second-order valence-electron chi connectivity index (χ2n) is 8.21. The maximum atomic E-state index is 12.8. The topological polar surface area (TPSA) is 98.7 Å². The zero-order chi connectivity index (χ0) is 22.6. The predicted molar refractivity (Wildman–Crippen MR) is 144 cm³/mol. The molecule has 0 bridgehead atoms. The average Bonchev–Trinajstić information content (AvgIpc) is 3.42. The zero-order valence-corrected chi connectivity index (χ0v) is 21.6. The molecule has 1 N–H and O–H groups in total. The lowest BCUT2D eigenvalue weighted by Gasteiger charge is -2.34. The Bertz CT molecular complexity index is 1130. The number of benzene rings is 1. The molecule has 1 amide bonds. The van der Waals surface area contributed by atoms with Crippen LogP contribution in [0, 0.1) is 5.92 Å². The first-order valence-corrected chi connectivity index (χ1v) is 11.2. The van der Waals surface area contributed by atoms with E-state index in [0.29, 0.717) is 49.8 Å². The first-order valence-electron chi connectivity index (χ1n) is 11.2.